The smallest absolute Gasteiger partial charge is 0.243 e. The van der Waals surface area contributed by atoms with Gasteiger partial charge in [-0.3, -0.25) is 4.79 Å². The summed E-state index contributed by atoms with van der Waals surface area (Å²) in [5, 5.41) is 2.88. The first-order valence-electron chi connectivity index (χ1n) is 8.70. The second-order valence-corrected chi connectivity index (χ2v) is 8.51. The maximum Gasteiger partial charge on any atom is 0.243 e. The zero-order valence-corrected chi connectivity index (χ0v) is 16.1. The third-order valence-electron chi connectivity index (χ3n) is 4.54. The van der Waals surface area contributed by atoms with Crippen molar-refractivity contribution in [3.63, 3.8) is 0 Å². The Kier molecular flexibility index (Phi) is 6.98. The fourth-order valence-corrected chi connectivity index (χ4v) is 4.91. The van der Waals surface area contributed by atoms with Crippen LogP contribution in [0.25, 0.3) is 0 Å². The van der Waals surface area contributed by atoms with Gasteiger partial charge < -0.3 is 10.1 Å². The lowest BCUT2D eigenvalue weighted by Crippen LogP contribution is -2.45. The lowest BCUT2D eigenvalue weighted by molar-refractivity contribution is -0.126. The van der Waals surface area contributed by atoms with Gasteiger partial charge in [0.2, 0.25) is 15.9 Å². The molecule has 0 aromatic heterocycles. The number of sulfonamides is 1. The van der Waals surface area contributed by atoms with Crippen LogP contribution in [-0.4, -0.2) is 52.0 Å². The SMILES string of the molecule is COCCCNC(=O)C1CCCN(S(=O)(=O)c2cc(C)ccc2C)C1. The Hall–Kier alpha value is -1.44. The average molecular weight is 368 g/mol. The van der Waals surface area contributed by atoms with Gasteiger partial charge in [-0.2, -0.15) is 4.31 Å². The van der Waals surface area contributed by atoms with Crippen molar-refractivity contribution >= 4 is 15.9 Å². The van der Waals surface area contributed by atoms with E-state index in [0.717, 1.165) is 24.0 Å². The number of benzene rings is 1. The first-order valence-corrected chi connectivity index (χ1v) is 10.1. The van der Waals surface area contributed by atoms with Gasteiger partial charge in [-0.1, -0.05) is 12.1 Å². The molecule has 0 aliphatic carbocycles. The van der Waals surface area contributed by atoms with Gasteiger partial charge >= 0.3 is 0 Å². The number of amides is 1. The molecule has 1 heterocycles. The van der Waals surface area contributed by atoms with E-state index in [4.69, 9.17) is 4.74 Å². The van der Waals surface area contributed by atoms with E-state index in [2.05, 4.69) is 5.32 Å². The van der Waals surface area contributed by atoms with Crippen LogP contribution < -0.4 is 5.32 Å². The van der Waals surface area contributed by atoms with Gasteiger partial charge in [0, 0.05) is 33.4 Å². The number of ether oxygens (including phenoxy) is 1. The predicted molar refractivity (Wildman–Crippen MR) is 96.9 cm³/mol. The van der Waals surface area contributed by atoms with Crippen LogP contribution in [0.4, 0.5) is 0 Å². The Morgan fingerprint density at radius 3 is 2.84 bits per heavy atom. The van der Waals surface area contributed by atoms with Crippen LogP contribution in [0.1, 0.15) is 30.4 Å². The number of carbonyl (C=O) groups is 1. The van der Waals surface area contributed by atoms with Gasteiger partial charge in [0.05, 0.1) is 10.8 Å². The lowest BCUT2D eigenvalue weighted by atomic mass is 9.99. The highest BCUT2D eigenvalue weighted by Gasteiger charge is 2.33. The summed E-state index contributed by atoms with van der Waals surface area (Å²) in [6.07, 6.45) is 2.16. The zero-order valence-electron chi connectivity index (χ0n) is 15.2. The summed E-state index contributed by atoms with van der Waals surface area (Å²) in [4.78, 5) is 12.7. The summed E-state index contributed by atoms with van der Waals surface area (Å²) in [5.74, 6) is -0.367. The molecule has 0 radical (unpaired) electrons. The minimum atomic E-state index is -3.58. The second kappa shape index (κ2) is 8.78. The fourth-order valence-electron chi connectivity index (χ4n) is 3.07. The normalized spacial score (nSPS) is 18.9. The molecule has 1 aromatic carbocycles. The molecule has 1 amide bonds. The summed E-state index contributed by atoms with van der Waals surface area (Å²) in [5.41, 5.74) is 1.64. The van der Waals surface area contributed by atoms with Crippen molar-refractivity contribution < 1.29 is 17.9 Å². The van der Waals surface area contributed by atoms with Gasteiger partial charge in [-0.05, 0) is 50.3 Å². The molecule has 1 atom stereocenters. The lowest BCUT2D eigenvalue weighted by Gasteiger charge is -2.31. The molecule has 1 aromatic rings. The molecule has 1 unspecified atom stereocenters. The quantitative estimate of drug-likeness (QED) is 0.746. The minimum Gasteiger partial charge on any atom is -0.385 e. The maximum absolute atomic E-state index is 13.0. The Labute approximate surface area is 150 Å². The molecule has 1 saturated heterocycles. The van der Waals surface area contributed by atoms with Crippen molar-refractivity contribution in [2.45, 2.75) is 38.0 Å². The van der Waals surface area contributed by atoms with E-state index in [1.54, 1.807) is 20.1 Å². The minimum absolute atomic E-state index is 0.0723. The molecule has 1 aliphatic rings. The largest absolute Gasteiger partial charge is 0.385 e. The van der Waals surface area contributed by atoms with E-state index in [1.807, 2.05) is 19.1 Å². The monoisotopic (exact) mass is 368 g/mol. The number of methoxy groups -OCH3 is 1. The number of carbonyl (C=O) groups excluding carboxylic acids is 1. The van der Waals surface area contributed by atoms with Crippen molar-refractivity contribution in [3.8, 4) is 0 Å². The Balaban J connectivity index is 2.07. The second-order valence-electron chi connectivity index (χ2n) is 6.61. The Morgan fingerprint density at radius 1 is 1.36 bits per heavy atom. The van der Waals surface area contributed by atoms with Crippen LogP contribution in [0, 0.1) is 19.8 Å². The number of rotatable bonds is 7. The molecule has 0 saturated carbocycles. The molecule has 25 heavy (non-hydrogen) atoms. The highest BCUT2D eigenvalue weighted by Crippen LogP contribution is 2.26. The molecule has 0 spiro atoms. The molecule has 1 N–H and O–H groups in total. The van der Waals surface area contributed by atoms with Gasteiger partial charge in [-0.15, -0.1) is 0 Å². The number of piperidine rings is 1. The summed E-state index contributed by atoms with van der Waals surface area (Å²) >= 11 is 0. The predicted octanol–water partition coefficient (Wildman–Crippen LogP) is 1.86. The Morgan fingerprint density at radius 2 is 2.12 bits per heavy atom. The molecular formula is C18H28N2O4S. The Bertz CT molecular complexity index is 703. The summed E-state index contributed by atoms with van der Waals surface area (Å²) in [6.45, 7) is 5.53. The molecule has 140 valence electrons. The summed E-state index contributed by atoms with van der Waals surface area (Å²) in [6, 6.07) is 5.44. The van der Waals surface area contributed by atoms with Gasteiger partial charge in [0.25, 0.3) is 0 Å². The number of aryl methyl sites for hydroxylation is 2. The van der Waals surface area contributed by atoms with Gasteiger partial charge in [0.1, 0.15) is 0 Å². The molecular weight excluding hydrogens is 340 g/mol. The topological polar surface area (TPSA) is 75.7 Å². The fraction of sp³-hybridized carbons (Fsp3) is 0.611. The maximum atomic E-state index is 13.0. The standard InChI is InChI=1S/C18H28N2O4S/c1-14-7-8-15(2)17(12-14)25(22,23)20-10-4-6-16(13-20)18(21)19-9-5-11-24-3/h7-8,12,16H,4-6,9-11,13H2,1-3H3,(H,19,21). The van der Waals surface area contributed by atoms with Crippen molar-refractivity contribution in [1.82, 2.24) is 9.62 Å². The number of hydrogen-bond acceptors (Lipinski definition) is 4. The number of nitrogens with zero attached hydrogens (tertiary/aromatic N) is 1. The van der Waals surface area contributed by atoms with Crippen molar-refractivity contribution in [2.24, 2.45) is 5.92 Å². The highest BCUT2D eigenvalue weighted by molar-refractivity contribution is 7.89. The van der Waals surface area contributed by atoms with E-state index in [9.17, 15) is 13.2 Å². The molecule has 7 heteroatoms. The first-order chi connectivity index (χ1) is 11.9. The van der Waals surface area contributed by atoms with Crippen LogP contribution in [0.3, 0.4) is 0 Å². The van der Waals surface area contributed by atoms with Gasteiger partial charge in [-0.25, -0.2) is 8.42 Å². The third kappa shape index (κ3) is 5.03. The van der Waals surface area contributed by atoms with Crippen LogP contribution in [0.2, 0.25) is 0 Å². The van der Waals surface area contributed by atoms with E-state index in [1.165, 1.54) is 4.31 Å². The third-order valence-corrected chi connectivity index (χ3v) is 6.55. The first kappa shape index (κ1) is 19.9. The summed E-state index contributed by atoms with van der Waals surface area (Å²) in [7, 11) is -1.95. The molecule has 2 rings (SSSR count). The van der Waals surface area contributed by atoms with E-state index < -0.39 is 10.0 Å². The van der Waals surface area contributed by atoms with Crippen molar-refractivity contribution in [2.75, 3.05) is 33.4 Å². The van der Waals surface area contributed by atoms with Crippen LogP contribution in [0.5, 0.6) is 0 Å². The van der Waals surface area contributed by atoms with Crippen molar-refractivity contribution in [1.29, 1.82) is 0 Å². The molecule has 0 bridgehead atoms. The van der Waals surface area contributed by atoms with Crippen LogP contribution >= 0.6 is 0 Å². The van der Waals surface area contributed by atoms with Crippen LogP contribution in [0.15, 0.2) is 23.1 Å². The van der Waals surface area contributed by atoms with E-state index in [-0.39, 0.29) is 18.4 Å². The van der Waals surface area contributed by atoms with E-state index >= 15 is 0 Å². The zero-order chi connectivity index (χ0) is 18.4. The van der Waals surface area contributed by atoms with E-state index in [0.29, 0.717) is 31.0 Å². The average Bonchev–Trinajstić information content (AvgIpc) is 2.60. The number of nitrogens with one attached hydrogen (secondary N) is 1. The summed E-state index contributed by atoms with van der Waals surface area (Å²) < 4.78 is 32.4. The molecule has 6 nitrogen and oxygen atoms in total. The van der Waals surface area contributed by atoms with Crippen molar-refractivity contribution in [3.05, 3.63) is 29.3 Å². The molecule has 1 aliphatic heterocycles. The van der Waals surface area contributed by atoms with Gasteiger partial charge in [0.15, 0.2) is 0 Å². The van der Waals surface area contributed by atoms with Crippen LogP contribution in [-0.2, 0) is 19.6 Å². The highest BCUT2D eigenvalue weighted by atomic mass is 32.2. The number of hydrogen-bond donors (Lipinski definition) is 1. The molecule has 1 fully saturated rings.